The molecule has 1 aromatic carbocycles. The number of nitrogens with zero attached hydrogens (tertiary/aromatic N) is 1. The molecule has 0 aliphatic carbocycles. The molecule has 0 heterocycles. The zero-order valence-electron chi connectivity index (χ0n) is 6.92. The summed E-state index contributed by atoms with van der Waals surface area (Å²) in [4.78, 5) is 0. The van der Waals surface area contributed by atoms with Crippen LogP contribution in [0.5, 0.6) is 0 Å². The van der Waals surface area contributed by atoms with Gasteiger partial charge in [0.2, 0.25) is 0 Å². The van der Waals surface area contributed by atoms with E-state index in [0.717, 1.165) is 17.8 Å². The highest BCUT2D eigenvalue weighted by Crippen LogP contribution is 2.27. The Kier molecular flexibility index (Phi) is 3.26. The van der Waals surface area contributed by atoms with Crippen molar-refractivity contribution in [1.29, 1.82) is 5.26 Å². The second kappa shape index (κ2) is 4.24. The lowest BCUT2D eigenvalue weighted by atomic mass is 10.1. The van der Waals surface area contributed by atoms with Gasteiger partial charge in [-0.2, -0.15) is 5.26 Å². The molecule has 13 heavy (non-hydrogen) atoms. The van der Waals surface area contributed by atoms with Crippen molar-refractivity contribution in [3.8, 4) is 5.40 Å². The molecular weight excluding hydrogens is 192 g/mol. The van der Waals surface area contributed by atoms with E-state index in [0.29, 0.717) is 5.56 Å². The molecule has 0 bridgehead atoms. The first-order chi connectivity index (χ1) is 6.13. The first-order valence-corrected chi connectivity index (χ1v) is 4.52. The zero-order valence-corrected chi connectivity index (χ0v) is 7.74. The topological polar surface area (TPSA) is 23.8 Å². The van der Waals surface area contributed by atoms with Crippen molar-refractivity contribution in [2.45, 2.75) is 12.2 Å². The molecule has 1 unspecified atom stereocenters. The molecule has 0 saturated carbocycles. The maximum Gasteiger partial charge on any atom is 0.133 e. The molecule has 0 fully saturated rings. The van der Waals surface area contributed by atoms with Gasteiger partial charge in [0, 0.05) is 11.3 Å². The van der Waals surface area contributed by atoms with Gasteiger partial charge in [-0.05, 0) is 36.4 Å². The van der Waals surface area contributed by atoms with Crippen LogP contribution in [0, 0.1) is 22.3 Å². The summed E-state index contributed by atoms with van der Waals surface area (Å²) in [7, 11) is 0. The summed E-state index contributed by atoms with van der Waals surface area (Å²) in [5.41, 5.74) is 0.490. The number of thioether (sulfide) groups is 1. The summed E-state index contributed by atoms with van der Waals surface area (Å²) in [6, 6.07) is 3.28. The van der Waals surface area contributed by atoms with Gasteiger partial charge >= 0.3 is 0 Å². The van der Waals surface area contributed by atoms with Crippen LogP contribution in [0.4, 0.5) is 8.78 Å². The quantitative estimate of drug-likeness (QED) is 0.683. The summed E-state index contributed by atoms with van der Waals surface area (Å²) in [5.74, 6) is -1.22. The first-order valence-electron chi connectivity index (χ1n) is 3.64. The number of hydrogen-bond acceptors (Lipinski definition) is 2. The second-order valence-electron chi connectivity index (χ2n) is 2.55. The Balaban J connectivity index is 2.95. The maximum atomic E-state index is 12.7. The summed E-state index contributed by atoms with van der Waals surface area (Å²) in [6.07, 6.45) is 0. The van der Waals surface area contributed by atoms with Crippen molar-refractivity contribution >= 4 is 11.8 Å². The molecule has 1 aromatic rings. The van der Waals surface area contributed by atoms with E-state index in [2.05, 4.69) is 0 Å². The Bertz CT molecular complexity index is 326. The smallest absolute Gasteiger partial charge is 0.133 e. The van der Waals surface area contributed by atoms with Crippen LogP contribution in [0.3, 0.4) is 0 Å². The number of benzene rings is 1. The minimum absolute atomic E-state index is 0.213. The van der Waals surface area contributed by atoms with Crippen LogP contribution in [0.2, 0.25) is 0 Å². The molecule has 4 heteroatoms. The molecule has 0 spiro atoms. The standard InChI is InChI=1S/C9H7F2NS/c1-6(13-5-12)7-2-8(10)4-9(11)3-7/h2-4,6H,1H3. The van der Waals surface area contributed by atoms with Crippen molar-refractivity contribution < 1.29 is 8.78 Å². The summed E-state index contributed by atoms with van der Waals surface area (Å²) >= 11 is 0.974. The molecule has 1 rings (SSSR count). The van der Waals surface area contributed by atoms with Crippen LogP contribution in [0.1, 0.15) is 17.7 Å². The lowest BCUT2D eigenvalue weighted by Gasteiger charge is -2.06. The molecule has 0 radical (unpaired) electrons. The van der Waals surface area contributed by atoms with Crippen molar-refractivity contribution in [2.75, 3.05) is 0 Å². The highest BCUT2D eigenvalue weighted by molar-refractivity contribution is 8.03. The molecule has 0 aliphatic heterocycles. The molecule has 0 aliphatic rings. The number of hydrogen-bond donors (Lipinski definition) is 0. The van der Waals surface area contributed by atoms with Crippen LogP contribution in [-0.4, -0.2) is 0 Å². The third-order valence-electron chi connectivity index (χ3n) is 1.58. The minimum Gasteiger partial charge on any atom is -0.207 e. The van der Waals surface area contributed by atoms with Crippen molar-refractivity contribution in [3.63, 3.8) is 0 Å². The van der Waals surface area contributed by atoms with Gasteiger partial charge in [-0.1, -0.05) is 0 Å². The van der Waals surface area contributed by atoms with Crippen LogP contribution < -0.4 is 0 Å². The van der Waals surface area contributed by atoms with Gasteiger partial charge in [0.25, 0.3) is 0 Å². The number of halogens is 2. The van der Waals surface area contributed by atoms with Gasteiger partial charge in [-0.3, -0.25) is 0 Å². The molecule has 0 aromatic heterocycles. The normalized spacial score (nSPS) is 12.2. The Morgan fingerprint density at radius 1 is 1.31 bits per heavy atom. The largest absolute Gasteiger partial charge is 0.207 e. The minimum atomic E-state index is -0.611. The van der Waals surface area contributed by atoms with E-state index in [9.17, 15) is 8.78 Å². The average molecular weight is 199 g/mol. The summed E-state index contributed by atoms with van der Waals surface area (Å²) in [6.45, 7) is 1.72. The third kappa shape index (κ3) is 2.71. The van der Waals surface area contributed by atoms with Gasteiger partial charge in [0.05, 0.1) is 0 Å². The predicted molar refractivity (Wildman–Crippen MR) is 48.0 cm³/mol. The lowest BCUT2D eigenvalue weighted by molar-refractivity contribution is 0.580. The van der Waals surface area contributed by atoms with Crippen molar-refractivity contribution in [1.82, 2.24) is 0 Å². The van der Waals surface area contributed by atoms with Gasteiger partial charge in [-0.15, -0.1) is 0 Å². The Morgan fingerprint density at radius 2 is 1.85 bits per heavy atom. The average Bonchev–Trinajstić information content (AvgIpc) is 2.03. The Hall–Kier alpha value is -1.08. The summed E-state index contributed by atoms with van der Waals surface area (Å²) in [5, 5.41) is 10.0. The molecule has 0 N–H and O–H groups in total. The van der Waals surface area contributed by atoms with E-state index in [1.165, 1.54) is 12.1 Å². The Labute approximate surface area is 79.4 Å². The fraction of sp³-hybridized carbons (Fsp3) is 0.222. The number of nitriles is 1. The lowest BCUT2D eigenvalue weighted by Crippen LogP contribution is -1.90. The van der Waals surface area contributed by atoms with Crippen LogP contribution in [0.15, 0.2) is 18.2 Å². The van der Waals surface area contributed by atoms with E-state index < -0.39 is 11.6 Å². The van der Waals surface area contributed by atoms with Crippen molar-refractivity contribution in [2.24, 2.45) is 0 Å². The molecule has 0 saturated heterocycles. The summed E-state index contributed by atoms with van der Waals surface area (Å²) < 4.78 is 25.4. The second-order valence-corrected chi connectivity index (χ2v) is 3.68. The van der Waals surface area contributed by atoms with Gasteiger partial charge in [-0.25, -0.2) is 8.78 Å². The fourth-order valence-electron chi connectivity index (χ4n) is 0.957. The van der Waals surface area contributed by atoms with Gasteiger partial charge in [0.15, 0.2) is 0 Å². The fourth-order valence-corrected chi connectivity index (χ4v) is 1.39. The third-order valence-corrected chi connectivity index (χ3v) is 2.31. The number of thiocyanates is 1. The molecule has 0 amide bonds. The Morgan fingerprint density at radius 3 is 2.31 bits per heavy atom. The van der Waals surface area contributed by atoms with Crippen LogP contribution in [-0.2, 0) is 0 Å². The highest BCUT2D eigenvalue weighted by Gasteiger charge is 2.08. The van der Waals surface area contributed by atoms with E-state index in [1.807, 2.05) is 5.40 Å². The van der Waals surface area contributed by atoms with E-state index in [4.69, 9.17) is 5.26 Å². The van der Waals surface area contributed by atoms with E-state index in [-0.39, 0.29) is 5.25 Å². The zero-order chi connectivity index (χ0) is 9.84. The van der Waals surface area contributed by atoms with Crippen molar-refractivity contribution in [3.05, 3.63) is 35.4 Å². The molecule has 68 valence electrons. The number of rotatable bonds is 2. The van der Waals surface area contributed by atoms with Gasteiger partial charge in [0.1, 0.15) is 17.0 Å². The van der Waals surface area contributed by atoms with E-state index in [1.54, 1.807) is 6.92 Å². The highest BCUT2D eigenvalue weighted by atomic mass is 32.2. The SMILES string of the molecule is CC(SC#N)c1cc(F)cc(F)c1. The first kappa shape index (κ1) is 10.0. The van der Waals surface area contributed by atoms with Crippen LogP contribution >= 0.6 is 11.8 Å². The van der Waals surface area contributed by atoms with Crippen LogP contribution in [0.25, 0.3) is 0 Å². The maximum absolute atomic E-state index is 12.7. The van der Waals surface area contributed by atoms with Gasteiger partial charge < -0.3 is 0 Å². The predicted octanol–water partition coefficient (Wildman–Crippen LogP) is 3.24. The molecular formula is C9H7F2NS. The van der Waals surface area contributed by atoms with E-state index >= 15 is 0 Å². The molecule has 1 nitrogen and oxygen atoms in total. The molecule has 1 atom stereocenters. The monoisotopic (exact) mass is 199 g/mol.